The van der Waals surface area contributed by atoms with E-state index in [-0.39, 0.29) is 12.5 Å². The maximum Gasteiger partial charge on any atom is 0.262 e. The van der Waals surface area contributed by atoms with Crippen LogP contribution in [0.3, 0.4) is 0 Å². The quantitative estimate of drug-likeness (QED) is 0.563. The number of halogens is 1. The van der Waals surface area contributed by atoms with Gasteiger partial charge in [-0.1, -0.05) is 29.8 Å². The highest BCUT2D eigenvalue weighted by Crippen LogP contribution is 2.20. The van der Waals surface area contributed by atoms with E-state index in [1.165, 1.54) is 0 Å². The monoisotopic (exact) mass is 365 g/mol. The fraction of sp³-hybridized carbons (Fsp3) is 0.0500. The Morgan fingerprint density at radius 2 is 1.46 bits per heavy atom. The zero-order valence-electron chi connectivity index (χ0n) is 13.8. The second-order valence-electron chi connectivity index (χ2n) is 5.37. The third-order valence-corrected chi connectivity index (χ3v) is 3.62. The summed E-state index contributed by atoms with van der Waals surface area (Å²) in [7, 11) is 0. The van der Waals surface area contributed by atoms with Crippen molar-refractivity contribution in [2.45, 2.75) is 0 Å². The van der Waals surface area contributed by atoms with E-state index in [1.807, 2.05) is 30.3 Å². The number of nitrogens with zero attached hydrogens (tertiary/aromatic N) is 2. The van der Waals surface area contributed by atoms with Crippen LogP contribution in [-0.2, 0) is 4.79 Å². The maximum absolute atomic E-state index is 11.9. The van der Waals surface area contributed by atoms with Crippen LogP contribution in [0.25, 0.3) is 0 Å². The van der Waals surface area contributed by atoms with Crippen LogP contribution in [0.4, 0.5) is 17.1 Å². The number of anilines is 1. The van der Waals surface area contributed by atoms with Gasteiger partial charge in [-0.3, -0.25) is 4.79 Å². The molecule has 0 heterocycles. The summed E-state index contributed by atoms with van der Waals surface area (Å²) in [6, 6.07) is 23.4. The zero-order valence-corrected chi connectivity index (χ0v) is 14.6. The SMILES string of the molecule is O=C(COc1ccc(Cl)cc1)Nc1ccc(N=Nc2ccccc2)cc1. The molecule has 6 heteroatoms. The van der Waals surface area contributed by atoms with E-state index in [1.54, 1.807) is 48.5 Å². The van der Waals surface area contributed by atoms with Gasteiger partial charge in [-0.2, -0.15) is 10.2 Å². The van der Waals surface area contributed by atoms with Crippen molar-refractivity contribution in [2.75, 3.05) is 11.9 Å². The summed E-state index contributed by atoms with van der Waals surface area (Å²) in [4.78, 5) is 11.9. The number of ether oxygens (including phenoxy) is 1. The van der Waals surface area contributed by atoms with Gasteiger partial charge in [-0.05, 0) is 60.7 Å². The van der Waals surface area contributed by atoms with E-state index < -0.39 is 0 Å². The van der Waals surface area contributed by atoms with Crippen LogP contribution in [0.5, 0.6) is 5.75 Å². The third-order valence-electron chi connectivity index (χ3n) is 3.37. The lowest BCUT2D eigenvalue weighted by Gasteiger charge is -2.07. The topological polar surface area (TPSA) is 63.0 Å². The van der Waals surface area contributed by atoms with Crippen LogP contribution in [0.15, 0.2) is 89.1 Å². The van der Waals surface area contributed by atoms with Gasteiger partial charge in [0.2, 0.25) is 0 Å². The molecule has 0 saturated carbocycles. The van der Waals surface area contributed by atoms with E-state index >= 15 is 0 Å². The van der Waals surface area contributed by atoms with Gasteiger partial charge in [-0.25, -0.2) is 0 Å². The summed E-state index contributed by atoms with van der Waals surface area (Å²) in [5.74, 6) is 0.333. The molecule has 0 aliphatic carbocycles. The van der Waals surface area contributed by atoms with Gasteiger partial charge in [0.05, 0.1) is 11.4 Å². The van der Waals surface area contributed by atoms with Crippen LogP contribution < -0.4 is 10.1 Å². The second-order valence-corrected chi connectivity index (χ2v) is 5.81. The molecule has 0 unspecified atom stereocenters. The average Bonchev–Trinajstić information content (AvgIpc) is 2.68. The fourth-order valence-corrected chi connectivity index (χ4v) is 2.22. The van der Waals surface area contributed by atoms with Crippen molar-refractivity contribution in [1.82, 2.24) is 0 Å². The van der Waals surface area contributed by atoms with E-state index in [4.69, 9.17) is 16.3 Å². The number of hydrogen-bond acceptors (Lipinski definition) is 4. The van der Waals surface area contributed by atoms with Crippen molar-refractivity contribution < 1.29 is 9.53 Å². The standard InChI is InChI=1S/C20H16ClN3O2/c21-15-6-12-19(13-7-15)26-14-20(25)22-16-8-10-18(11-9-16)24-23-17-4-2-1-3-5-17/h1-13H,14H2,(H,22,25). The minimum atomic E-state index is -0.251. The Morgan fingerprint density at radius 3 is 2.12 bits per heavy atom. The Bertz CT molecular complexity index is 879. The lowest BCUT2D eigenvalue weighted by atomic mass is 10.3. The van der Waals surface area contributed by atoms with Crippen LogP contribution >= 0.6 is 11.6 Å². The Balaban J connectivity index is 1.51. The second kappa shape index (κ2) is 8.78. The molecule has 0 aliphatic heterocycles. The highest BCUT2D eigenvalue weighted by Gasteiger charge is 2.04. The van der Waals surface area contributed by atoms with Gasteiger partial charge in [-0.15, -0.1) is 0 Å². The van der Waals surface area contributed by atoms with Crippen molar-refractivity contribution in [3.8, 4) is 5.75 Å². The zero-order chi connectivity index (χ0) is 18.2. The average molecular weight is 366 g/mol. The summed E-state index contributed by atoms with van der Waals surface area (Å²) < 4.78 is 5.40. The van der Waals surface area contributed by atoms with Gasteiger partial charge < -0.3 is 10.1 Å². The lowest BCUT2D eigenvalue weighted by molar-refractivity contribution is -0.118. The molecule has 0 fully saturated rings. The predicted molar refractivity (Wildman–Crippen MR) is 103 cm³/mol. The van der Waals surface area contributed by atoms with Crippen LogP contribution in [-0.4, -0.2) is 12.5 Å². The van der Waals surface area contributed by atoms with Gasteiger partial charge >= 0.3 is 0 Å². The summed E-state index contributed by atoms with van der Waals surface area (Å²) >= 11 is 5.80. The smallest absolute Gasteiger partial charge is 0.262 e. The molecular weight excluding hydrogens is 350 g/mol. The molecule has 130 valence electrons. The first-order valence-corrected chi connectivity index (χ1v) is 8.32. The highest BCUT2D eigenvalue weighted by molar-refractivity contribution is 6.30. The predicted octanol–water partition coefficient (Wildman–Crippen LogP) is 5.77. The number of carbonyl (C=O) groups excluding carboxylic acids is 1. The molecule has 0 spiro atoms. The van der Waals surface area contributed by atoms with E-state index in [0.29, 0.717) is 22.1 Å². The number of azo groups is 1. The first-order chi connectivity index (χ1) is 12.7. The van der Waals surface area contributed by atoms with Crippen LogP contribution in [0.2, 0.25) is 5.02 Å². The molecule has 26 heavy (non-hydrogen) atoms. The molecule has 5 nitrogen and oxygen atoms in total. The summed E-state index contributed by atoms with van der Waals surface area (Å²) in [6.45, 7) is -0.0862. The maximum atomic E-state index is 11.9. The fourth-order valence-electron chi connectivity index (χ4n) is 2.10. The Kier molecular flexibility index (Phi) is 5.96. The molecule has 3 rings (SSSR count). The molecular formula is C20H16ClN3O2. The van der Waals surface area contributed by atoms with E-state index in [2.05, 4.69) is 15.5 Å². The molecule has 3 aromatic carbocycles. The van der Waals surface area contributed by atoms with Crippen molar-refractivity contribution in [3.05, 3.63) is 83.9 Å². The molecule has 0 saturated heterocycles. The number of hydrogen-bond donors (Lipinski definition) is 1. The number of benzene rings is 3. The van der Waals surface area contributed by atoms with E-state index in [0.717, 1.165) is 5.69 Å². The molecule has 3 aromatic rings. The Morgan fingerprint density at radius 1 is 0.846 bits per heavy atom. The first kappa shape index (κ1) is 17.6. The molecule has 0 aliphatic rings. The number of rotatable bonds is 6. The first-order valence-electron chi connectivity index (χ1n) is 7.94. The number of carbonyl (C=O) groups is 1. The van der Waals surface area contributed by atoms with Gasteiger partial charge in [0, 0.05) is 10.7 Å². The van der Waals surface area contributed by atoms with E-state index in [9.17, 15) is 4.79 Å². The van der Waals surface area contributed by atoms with Crippen LogP contribution in [0, 0.1) is 0 Å². The van der Waals surface area contributed by atoms with Crippen molar-refractivity contribution in [2.24, 2.45) is 10.2 Å². The Hall–Kier alpha value is -3.18. The minimum Gasteiger partial charge on any atom is -0.484 e. The Labute approximate surface area is 156 Å². The largest absolute Gasteiger partial charge is 0.484 e. The summed E-state index contributed by atoms with van der Waals surface area (Å²) in [5.41, 5.74) is 2.14. The lowest BCUT2D eigenvalue weighted by Crippen LogP contribution is -2.20. The normalized spacial score (nSPS) is 10.7. The van der Waals surface area contributed by atoms with Gasteiger partial charge in [0.25, 0.3) is 5.91 Å². The summed E-state index contributed by atoms with van der Waals surface area (Å²) in [5, 5.41) is 11.7. The van der Waals surface area contributed by atoms with Gasteiger partial charge in [0.15, 0.2) is 6.61 Å². The summed E-state index contributed by atoms with van der Waals surface area (Å²) in [6.07, 6.45) is 0. The van der Waals surface area contributed by atoms with Crippen molar-refractivity contribution in [1.29, 1.82) is 0 Å². The molecule has 0 atom stereocenters. The van der Waals surface area contributed by atoms with Crippen molar-refractivity contribution >= 4 is 34.6 Å². The minimum absolute atomic E-state index is 0.0862. The highest BCUT2D eigenvalue weighted by atomic mass is 35.5. The van der Waals surface area contributed by atoms with Crippen LogP contribution in [0.1, 0.15) is 0 Å². The molecule has 0 radical (unpaired) electrons. The molecule has 0 bridgehead atoms. The van der Waals surface area contributed by atoms with Gasteiger partial charge in [0.1, 0.15) is 5.75 Å². The van der Waals surface area contributed by atoms with Crippen molar-refractivity contribution in [3.63, 3.8) is 0 Å². The number of amides is 1. The number of nitrogens with one attached hydrogen (secondary N) is 1. The molecule has 0 aromatic heterocycles. The molecule has 1 N–H and O–H groups in total. The molecule has 1 amide bonds. The third kappa shape index (κ3) is 5.43.